The van der Waals surface area contributed by atoms with E-state index in [-0.39, 0.29) is 50.5 Å². The van der Waals surface area contributed by atoms with Crippen molar-refractivity contribution in [3.8, 4) is 12.3 Å². The van der Waals surface area contributed by atoms with Gasteiger partial charge in [-0.2, -0.15) is 0 Å². The summed E-state index contributed by atoms with van der Waals surface area (Å²) in [6.45, 7) is 1.12. The summed E-state index contributed by atoms with van der Waals surface area (Å²) in [4.78, 5) is 40.0. The third-order valence-corrected chi connectivity index (χ3v) is 4.60. The molecule has 1 aromatic heterocycles. The van der Waals surface area contributed by atoms with E-state index in [1.165, 1.54) is 18.9 Å². The van der Waals surface area contributed by atoms with Crippen LogP contribution in [0.3, 0.4) is 0 Å². The van der Waals surface area contributed by atoms with Gasteiger partial charge in [-0.1, -0.05) is 5.92 Å². The molecule has 0 radical (unpaired) electrons. The van der Waals surface area contributed by atoms with Crippen LogP contribution in [0.1, 0.15) is 30.8 Å². The normalized spacial score (nSPS) is 22.9. The molecule has 3 atom stereocenters. The van der Waals surface area contributed by atoms with Crippen LogP contribution in [0, 0.1) is 19.3 Å². The Hall–Kier alpha value is -3.30. The molecule has 0 unspecified atom stereocenters. The molecule has 0 bridgehead atoms. The quantitative estimate of drug-likeness (QED) is 0.229. The van der Waals surface area contributed by atoms with Crippen LogP contribution in [-0.4, -0.2) is 66.5 Å². The van der Waals surface area contributed by atoms with Gasteiger partial charge in [0.1, 0.15) is 12.7 Å². The predicted octanol–water partition coefficient (Wildman–Crippen LogP) is -0.101. The highest BCUT2D eigenvalue weighted by Gasteiger charge is 2.48. The number of esters is 1. The Morgan fingerprint density at radius 2 is 2.19 bits per heavy atom. The number of hydrogen-bond acceptors (Lipinski definition) is 10. The average Bonchev–Trinajstić information content (AvgIpc) is 3.22. The highest BCUT2D eigenvalue weighted by molar-refractivity contribution is 5.70. The number of terminal acetylenes is 1. The minimum absolute atomic E-state index is 0.00549. The minimum atomic E-state index is -1.49. The summed E-state index contributed by atoms with van der Waals surface area (Å²) in [5.41, 5.74) is 3.72. The highest BCUT2D eigenvalue weighted by Crippen LogP contribution is 2.31. The molecule has 31 heavy (non-hydrogen) atoms. The van der Waals surface area contributed by atoms with Gasteiger partial charge >= 0.3 is 17.9 Å². The first-order valence-electron chi connectivity index (χ1n) is 9.40. The van der Waals surface area contributed by atoms with E-state index in [9.17, 15) is 19.5 Å². The molecule has 1 fully saturated rings. The standard InChI is InChI=1S/C19H25N3O9/c1-4-19(14(23)8-15(31-19)21-11-20)10-28-16(24)6-5-7-22(3)17(25)27-9-13-12(2)29-18(26)30-13/h1,11,14-15,23H,5-10H2,2-3H3,(H2,20,21)/t14-,15+,19+/m0/s1. The predicted molar refractivity (Wildman–Crippen MR) is 105 cm³/mol. The molecule has 3 N–H and O–H groups in total. The maximum atomic E-state index is 12.0. The Morgan fingerprint density at radius 1 is 1.45 bits per heavy atom. The topological polar surface area (TPSA) is 167 Å². The second-order valence-corrected chi connectivity index (χ2v) is 6.83. The van der Waals surface area contributed by atoms with E-state index in [4.69, 9.17) is 30.8 Å². The third kappa shape index (κ3) is 6.34. The molecule has 0 aromatic carbocycles. The number of aryl methyl sites for hydroxylation is 1. The van der Waals surface area contributed by atoms with Crippen LogP contribution < -0.4 is 11.6 Å². The van der Waals surface area contributed by atoms with E-state index in [1.54, 1.807) is 0 Å². The van der Waals surface area contributed by atoms with Gasteiger partial charge < -0.3 is 38.8 Å². The highest BCUT2D eigenvalue weighted by atomic mass is 16.6. The molecule has 0 saturated carbocycles. The summed E-state index contributed by atoms with van der Waals surface area (Å²) >= 11 is 0. The maximum Gasteiger partial charge on any atom is 0.519 e. The Kier molecular flexibility index (Phi) is 8.23. The SMILES string of the molecule is C#C[C@]1(COC(=O)CCCN(C)C(=O)OCc2oc(=O)oc2C)O[C@@H](N=CN)C[C@@H]1O. The molecule has 1 saturated heterocycles. The minimum Gasteiger partial charge on any atom is -0.461 e. The van der Waals surface area contributed by atoms with Crippen molar-refractivity contribution in [3.05, 3.63) is 22.1 Å². The fraction of sp³-hybridized carbons (Fsp3) is 0.579. The zero-order valence-electron chi connectivity index (χ0n) is 17.2. The van der Waals surface area contributed by atoms with E-state index in [0.717, 1.165) is 6.34 Å². The fourth-order valence-corrected chi connectivity index (χ4v) is 2.80. The average molecular weight is 439 g/mol. The Morgan fingerprint density at radius 3 is 2.81 bits per heavy atom. The molecular weight excluding hydrogens is 414 g/mol. The Balaban J connectivity index is 1.71. The Labute approximate surface area is 177 Å². The number of aliphatic hydroxyl groups excluding tert-OH is 1. The number of carbonyl (C=O) groups is 2. The van der Waals surface area contributed by atoms with Gasteiger partial charge in [0.2, 0.25) is 0 Å². The Bertz CT molecular complexity index is 900. The zero-order valence-corrected chi connectivity index (χ0v) is 17.2. The number of aliphatic imine (C=N–C) groups is 1. The van der Waals surface area contributed by atoms with Gasteiger partial charge in [0.15, 0.2) is 30.0 Å². The first-order chi connectivity index (χ1) is 14.7. The van der Waals surface area contributed by atoms with Crippen LogP contribution in [0.2, 0.25) is 0 Å². The number of ether oxygens (including phenoxy) is 3. The number of nitrogens with two attached hydrogens (primary N) is 1. The van der Waals surface area contributed by atoms with Crippen molar-refractivity contribution in [2.45, 2.75) is 50.7 Å². The van der Waals surface area contributed by atoms with Crippen molar-refractivity contribution in [3.63, 3.8) is 0 Å². The second kappa shape index (κ2) is 10.6. The molecule has 12 heteroatoms. The molecule has 170 valence electrons. The smallest absolute Gasteiger partial charge is 0.461 e. The fourth-order valence-electron chi connectivity index (χ4n) is 2.80. The van der Waals surface area contributed by atoms with Crippen molar-refractivity contribution in [2.24, 2.45) is 10.7 Å². The molecule has 1 aromatic rings. The maximum absolute atomic E-state index is 12.0. The number of rotatable bonds is 9. The number of aliphatic hydroxyl groups is 1. The molecule has 1 aliphatic rings. The van der Waals surface area contributed by atoms with Crippen LogP contribution in [0.4, 0.5) is 4.79 Å². The van der Waals surface area contributed by atoms with Gasteiger partial charge in [0.25, 0.3) is 0 Å². The van der Waals surface area contributed by atoms with Gasteiger partial charge in [-0.25, -0.2) is 14.6 Å². The van der Waals surface area contributed by atoms with Crippen molar-refractivity contribution < 1.29 is 37.7 Å². The second-order valence-electron chi connectivity index (χ2n) is 6.83. The van der Waals surface area contributed by atoms with Crippen LogP contribution in [0.5, 0.6) is 0 Å². The summed E-state index contributed by atoms with van der Waals surface area (Å²) in [6.07, 6.45) is 4.47. The van der Waals surface area contributed by atoms with Crippen molar-refractivity contribution >= 4 is 18.4 Å². The summed E-state index contributed by atoms with van der Waals surface area (Å²) in [6, 6.07) is 0. The van der Waals surface area contributed by atoms with Crippen LogP contribution in [0.15, 0.2) is 18.6 Å². The summed E-state index contributed by atoms with van der Waals surface area (Å²) in [5.74, 6) is 1.22. The number of hydrogen-bond donors (Lipinski definition) is 2. The molecule has 12 nitrogen and oxygen atoms in total. The number of amides is 1. The molecule has 1 aliphatic heterocycles. The molecule has 0 spiro atoms. The number of carbonyl (C=O) groups excluding carboxylic acids is 2. The molecule has 1 amide bonds. The lowest BCUT2D eigenvalue weighted by Crippen LogP contribution is -2.43. The third-order valence-electron chi connectivity index (χ3n) is 4.60. The summed E-state index contributed by atoms with van der Waals surface area (Å²) < 4.78 is 25.1. The largest absolute Gasteiger partial charge is 0.519 e. The van der Waals surface area contributed by atoms with Gasteiger partial charge in [0.05, 0.1) is 6.34 Å². The number of nitrogens with zero attached hydrogens (tertiary/aromatic N) is 2. The van der Waals surface area contributed by atoms with E-state index in [0.29, 0.717) is 0 Å². The first kappa shape index (κ1) is 24.0. The van der Waals surface area contributed by atoms with Crippen molar-refractivity contribution in [2.75, 3.05) is 20.2 Å². The lowest BCUT2D eigenvalue weighted by molar-refractivity contribution is -0.154. The van der Waals surface area contributed by atoms with E-state index in [1.807, 2.05) is 0 Å². The first-order valence-corrected chi connectivity index (χ1v) is 9.40. The van der Waals surface area contributed by atoms with E-state index < -0.39 is 35.8 Å². The van der Waals surface area contributed by atoms with Crippen molar-refractivity contribution in [1.29, 1.82) is 0 Å². The van der Waals surface area contributed by atoms with Crippen LogP contribution >= 0.6 is 0 Å². The molecular formula is C19H25N3O9. The van der Waals surface area contributed by atoms with Gasteiger partial charge in [-0.15, -0.1) is 6.42 Å². The van der Waals surface area contributed by atoms with Gasteiger partial charge in [-0.3, -0.25) is 4.79 Å². The van der Waals surface area contributed by atoms with E-state index in [2.05, 4.69) is 15.3 Å². The van der Waals surface area contributed by atoms with Gasteiger partial charge in [0, 0.05) is 26.4 Å². The van der Waals surface area contributed by atoms with E-state index >= 15 is 0 Å². The van der Waals surface area contributed by atoms with Crippen LogP contribution in [0.25, 0.3) is 0 Å². The zero-order chi connectivity index (χ0) is 23.0. The lowest BCUT2D eigenvalue weighted by atomic mass is 9.99. The van der Waals surface area contributed by atoms with Gasteiger partial charge in [-0.05, 0) is 13.3 Å². The summed E-state index contributed by atoms with van der Waals surface area (Å²) in [7, 11) is 1.49. The van der Waals surface area contributed by atoms with Crippen molar-refractivity contribution in [1.82, 2.24) is 4.90 Å². The molecule has 0 aliphatic carbocycles. The lowest BCUT2D eigenvalue weighted by Gasteiger charge is -2.25. The molecule has 2 heterocycles. The monoisotopic (exact) mass is 439 g/mol. The molecule has 2 rings (SSSR count). The van der Waals surface area contributed by atoms with Crippen LogP contribution in [-0.2, 0) is 25.6 Å². The summed E-state index contributed by atoms with van der Waals surface area (Å²) in [5, 5.41) is 10.1.